The van der Waals surface area contributed by atoms with Crippen LogP contribution >= 0.6 is 0 Å². The Morgan fingerprint density at radius 2 is 2.55 bits per heavy atom. The van der Waals surface area contributed by atoms with Crippen LogP contribution in [0.3, 0.4) is 0 Å². The second-order valence-corrected chi connectivity index (χ2v) is 2.81. The lowest BCUT2D eigenvalue weighted by atomic mass is 9.88. The van der Waals surface area contributed by atoms with Gasteiger partial charge in [-0.05, 0) is 0 Å². The van der Waals surface area contributed by atoms with Crippen LogP contribution in [0.25, 0.3) is 0 Å². The normalized spacial score (nSPS) is 16.3. The van der Waals surface area contributed by atoms with Crippen molar-refractivity contribution in [1.82, 2.24) is 5.16 Å². The lowest BCUT2D eigenvalue weighted by Crippen LogP contribution is -2.35. The third-order valence-electron chi connectivity index (χ3n) is 1.86. The van der Waals surface area contributed by atoms with Crippen molar-refractivity contribution in [1.29, 1.82) is 0 Å². The van der Waals surface area contributed by atoms with E-state index in [1.165, 1.54) is 6.26 Å². The van der Waals surface area contributed by atoms with Crippen molar-refractivity contribution in [3.63, 3.8) is 0 Å². The van der Waals surface area contributed by atoms with Crippen molar-refractivity contribution < 1.29 is 9.63 Å². The van der Waals surface area contributed by atoms with Crippen molar-refractivity contribution in [3.8, 4) is 0 Å². The van der Waals surface area contributed by atoms with Gasteiger partial charge >= 0.3 is 0 Å². The van der Waals surface area contributed by atoms with Crippen LogP contribution in [0, 0.1) is 0 Å². The Labute approximate surface area is 65.0 Å². The van der Waals surface area contributed by atoms with E-state index >= 15 is 0 Å². The van der Waals surface area contributed by atoms with E-state index in [0.717, 1.165) is 0 Å². The summed E-state index contributed by atoms with van der Waals surface area (Å²) in [7, 11) is 0. The lowest BCUT2D eigenvalue weighted by Gasteiger charge is -2.21. The maximum atomic E-state index is 9.00. The van der Waals surface area contributed by atoms with Gasteiger partial charge in [0.2, 0.25) is 0 Å². The van der Waals surface area contributed by atoms with E-state index in [-0.39, 0.29) is 6.61 Å². The molecule has 0 spiro atoms. The first-order valence-corrected chi connectivity index (χ1v) is 3.45. The van der Waals surface area contributed by atoms with E-state index in [4.69, 9.17) is 10.8 Å². The van der Waals surface area contributed by atoms with E-state index < -0.39 is 5.41 Å². The molecule has 1 heterocycles. The molecule has 0 fully saturated rings. The Bertz CT molecular complexity index is 204. The standard InChI is InChI=1S/C7H12N2O2/c1-7(4-8,5-10)6-2-3-11-9-6/h2-3,10H,4-5,8H2,1H3. The Morgan fingerprint density at radius 3 is 2.91 bits per heavy atom. The second-order valence-electron chi connectivity index (χ2n) is 2.81. The SMILES string of the molecule is CC(CN)(CO)c1ccon1. The van der Waals surface area contributed by atoms with E-state index in [9.17, 15) is 0 Å². The highest BCUT2D eigenvalue weighted by molar-refractivity contribution is 5.12. The molecule has 4 heteroatoms. The van der Waals surface area contributed by atoms with Gasteiger partial charge in [-0.3, -0.25) is 0 Å². The van der Waals surface area contributed by atoms with Crippen LogP contribution in [0.15, 0.2) is 16.9 Å². The minimum Gasteiger partial charge on any atom is -0.395 e. The number of nitrogens with zero attached hydrogens (tertiary/aromatic N) is 1. The van der Waals surface area contributed by atoms with Gasteiger partial charge in [0, 0.05) is 18.0 Å². The van der Waals surface area contributed by atoms with Gasteiger partial charge in [0.25, 0.3) is 0 Å². The van der Waals surface area contributed by atoms with Crippen LogP contribution < -0.4 is 5.73 Å². The summed E-state index contributed by atoms with van der Waals surface area (Å²) in [4.78, 5) is 0. The number of aliphatic hydroxyl groups excluding tert-OH is 1. The molecule has 0 bridgehead atoms. The molecule has 1 aromatic rings. The van der Waals surface area contributed by atoms with Crippen LogP contribution in [0.1, 0.15) is 12.6 Å². The quantitative estimate of drug-likeness (QED) is 0.640. The zero-order valence-corrected chi connectivity index (χ0v) is 6.45. The third-order valence-corrected chi connectivity index (χ3v) is 1.86. The number of nitrogens with two attached hydrogens (primary N) is 1. The van der Waals surface area contributed by atoms with Gasteiger partial charge in [-0.2, -0.15) is 0 Å². The van der Waals surface area contributed by atoms with Crippen molar-refractivity contribution >= 4 is 0 Å². The summed E-state index contributed by atoms with van der Waals surface area (Å²) in [5.74, 6) is 0. The van der Waals surface area contributed by atoms with E-state index in [1.54, 1.807) is 6.07 Å². The summed E-state index contributed by atoms with van der Waals surface area (Å²) in [5, 5.41) is 12.7. The Kier molecular flexibility index (Phi) is 2.26. The molecule has 0 aliphatic carbocycles. The zero-order valence-electron chi connectivity index (χ0n) is 6.45. The van der Waals surface area contributed by atoms with Crippen molar-refractivity contribution in [3.05, 3.63) is 18.0 Å². The van der Waals surface area contributed by atoms with Crippen LogP contribution in [-0.4, -0.2) is 23.4 Å². The lowest BCUT2D eigenvalue weighted by molar-refractivity contribution is 0.202. The first kappa shape index (κ1) is 8.23. The topological polar surface area (TPSA) is 72.3 Å². The summed E-state index contributed by atoms with van der Waals surface area (Å²) in [6, 6.07) is 1.71. The molecule has 1 atom stereocenters. The van der Waals surface area contributed by atoms with E-state index in [2.05, 4.69) is 9.68 Å². The molecule has 62 valence electrons. The minimum absolute atomic E-state index is 0.0178. The molecule has 3 N–H and O–H groups in total. The van der Waals surface area contributed by atoms with E-state index in [1.807, 2.05) is 6.92 Å². The molecular formula is C7H12N2O2. The summed E-state index contributed by atoms with van der Waals surface area (Å²) in [6.45, 7) is 2.18. The smallest absolute Gasteiger partial charge is 0.124 e. The molecule has 0 aromatic carbocycles. The highest BCUT2D eigenvalue weighted by Gasteiger charge is 2.26. The highest BCUT2D eigenvalue weighted by Crippen LogP contribution is 2.19. The van der Waals surface area contributed by atoms with Gasteiger partial charge in [-0.15, -0.1) is 0 Å². The molecule has 0 saturated heterocycles. The van der Waals surface area contributed by atoms with Crippen LogP contribution in [0.2, 0.25) is 0 Å². The van der Waals surface area contributed by atoms with Gasteiger partial charge in [-0.25, -0.2) is 0 Å². The minimum atomic E-state index is -0.465. The summed E-state index contributed by atoms with van der Waals surface area (Å²) >= 11 is 0. The predicted molar refractivity (Wildman–Crippen MR) is 40.0 cm³/mol. The fourth-order valence-corrected chi connectivity index (χ4v) is 0.774. The average molecular weight is 156 g/mol. The van der Waals surface area contributed by atoms with Crippen LogP contribution in [0.5, 0.6) is 0 Å². The van der Waals surface area contributed by atoms with E-state index in [0.29, 0.717) is 12.2 Å². The van der Waals surface area contributed by atoms with Gasteiger partial charge in [0.15, 0.2) is 0 Å². The molecule has 1 aromatic heterocycles. The van der Waals surface area contributed by atoms with Gasteiger partial charge < -0.3 is 15.4 Å². The Balaban J connectivity index is 2.87. The second kappa shape index (κ2) is 3.02. The number of rotatable bonds is 3. The summed E-state index contributed by atoms with van der Waals surface area (Å²) < 4.78 is 4.65. The van der Waals surface area contributed by atoms with Crippen LogP contribution in [-0.2, 0) is 5.41 Å². The van der Waals surface area contributed by atoms with Gasteiger partial charge in [0.05, 0.1) is 12.3 Å². The zero-order chi connectivity index (χ0) is 8.32. The number of aliphatic hydroxyl groups is 1. The van der Waals surface area contributed by atoms with Gasteiger partial charge in [0.1, 0.15) is 6.26 Å². The molecule has 0 saturated carbocycles. The summed E-state index contributed by atoms with van der Waals surface area (Å²) in [5.41, 5.74) is 5.70. The fourth-order valence-electron chi connectivity index (χ4n) is 0.774. The van der Waals surface area contributed by atoms with Crippen molar-refractivity contribution in [2.75, 3.05) is 13.2 Å². The average Bonchev–Trinajstić information content (AvgIpc) is 2.55. The first-order chi connectivity index (χ1) is 5.23. The molecular weight excluding hydrogens is 144 g/mol. The Morgan fingerprint density at radius 1 is 1.82 bits per heavy atom. The number of aromatic nitrogens is 1. The number of hydrogen-bond donors (Lipinski definition) is 2. The molecule has 0 amide bonds. The molecule has 0 radical (unpaired) electrons. The molecule has 4 nitrogen and oxygen atoms in total. The third kappa shape index (κ3) is 1.41. The molecule has 11 heavy (non-hydrogen) atoms. The highest BCUT2D eigenvalue weighted by atomic mass is 16.5. The maximum absolute atomic E-state index is 9.00. The van der Waals surface area contributed by atoms with Crippen molar-refractivity contribution in [2.45, 2.75) is 12.3 Å². The molecule has 1 rings (SSSR count). The Hall–Kier alpha value is -0.870. The maximum Gasteiger partial charge on any atom is 0.124 e. The van der Waals surface area contributed by atoms with Crippen molar-refractivity contribution in [2.24, 2.45) is 5.73 Å². The molecule has 1 unspecified atom stereocenters. The number of hydrogen-bond acceptors (Lipinski definition) is 4. The first-order valence-electron chi connectivity index (χ1n) is 3.45. The van der Waals surface area contributed by atoms with Gasteiger partial charge in [-0.1, -0.05) is 12.1 Å². The molecule has 0 aliphatic heterocycles. The fraction of sp³-hybridized carbons (Fsp3) is 0.571. The largest absolute Gasteiger partial charge is 0.395 e. The predicted octanol–water partition coefficient (Wildman–Crippen LogP) is -0.117. The van der Waals surface area contributed by atoms with Crippen LogP contribution in [0.4, 0.5) is 0 Å². The monoisotopic (exact) mass is 156 g/mol. The summed E-state index contributed by atoms with van der Waals surface area (Å²) in [6.07, 6.45) is 1.47. The molecule has 0 aliphatic rings.